The number of ether oxygens (including phenoxy) is 3. The molecule has 0 aromatic heterocycles. The molecule has 0 unspecified atom stereocenters. The molecule has 1 heterocycles. The number of carbonyl (C=O) groups excluding carboxylic acids is 2. The highest BCUT2D eigenvalue weighted by atomic mass is 35.5. The number of benzene rings is 3. The summed E-state index contributed by atoms with van der Waals surface area (Å²) in [7, 11) is 6.27. The number of methoxy groups -OCH3 is 3. The smallest absolute Gasteiger partial charge is 0.254 e. The van der Waals surface area contributed by atoms with Crippen LogP contribution in [0.3, 0.4) is 0 Å². The van der Waals surface area contributed by atoms with Crippen LogP contribution in [0.5, 0.6) is 17.2 Å². The van der Waals surface area contributed by atoms with Gasteiger partial charge < -0.3 is 24.4 Å². The highest BCUT2D eigenvalue weighted by molar-refractivity contribution is 7.98. The summed E-state index contributed by atoms with van der Waals surface area (Å²) in [6, 6.07) is 15.7. The van der Waals surface area contributed by atoms with Crippen molar-refractivity contribution in [1.82, 2.24) is 4.90 Å². The fraction of sp³-hybridized carbons (Fsp3) is 0.259. The molecular formula is C27H27ClN2O5S. The van der Waals surface area contributed by atoms with Crippen LogP contribution in [-0.4, -0.2) is 51.3 Å². The molecule has 1 aliphatic heterocycles. The minimum Gasteiger partial charge on any atom is -0.495 e. The van der Waals surface area contributed by atoms with Crippen molar-refractivity contribution in [1.29, 1.82) is 0 Å². The highest BCUT2D eigenvalue weighted by Crippen LogP contribution is 2.46. The number of rotatable bonds is 7. The van der Waals surface area contributed by atoms with Gasteiger partial charge in [0.15, 0.2) is 11.5 Å². The predicted octanol–water partition coefficient (Wildman–Crippen LogP) is 5.64. The minimum absolute atomic E-state index is 0.207. The lowest BCUT2D eigenvalue weighted by Gasteiger charge is -2.40. The molecule has 0 saturated heterocycles. The van der Waals surface area contributed by atoms with E-state index in [0.29, 0.717) is 39.1 Å². The second-order valence-corrected chi connectivity index (χ2v) is 9.53. The van der Waals surface area contributed by atoms with Gasteiger partial charge >= 0.3 is 0 Å². The normalized spacial score (nSPS) is 16.8. The number of likely N-dealkylation sites (N-methyl/N-ethyl adjacent to an activating group) is 1. The Bertz CT molecular complexity index is 1300. The zero-order valence-corrected chi connectivity index (χ0v) is 22.2. The van der Waals surface area contributed by atoms with Crippen molar-refractivity contribution in [3.05, 3.63) is 76.3 Å². The molecule has 2 amide bonds. The second kappa shape index (κ2) is 10.7. The van der Waals surface area contributed by atoms with Crippen molar-refractivity contribution in [2.75, 3.05) is 39.9 Å². The molecule has 9 heteroatoms. The molecule has 0 fully saturated rings. The Morgan fingerprint density at radius 2 is 1.58 bits per heavy atom. The number of hydrogen-bond donors (Lipinski definition) is 1. The molecule has 1 N–H and O–H groups in total. The summed E-state index contributed by atoms with van der Waals surface area (Å²) in [6.45, 7) is 0. The molecule has 188 valence electrons. The van der Waals surface area contributed by atoms with E-state index in [1.807, 2.05) is 30.5 Å². The number of anilines is 1. The van der Waals surface area contributed by atoms with Crippen LogP contribution < -0.4 is 19.5 Å². The molecule has 3 aromatic carbocycles. The fourth-order valence-electron chi connectivity index (χ4n) is 4.51. The van der Waals surface area contributed by atoms with E-state index in [9.17, 15) is 9.59 Å². The van der Waals surface area contributed by atoms with Gasteiger partial charge in [-0.15, -0.1) is 11.8 Å². The third-order valence-corrected chi connectivity index (χ3v) is 7.37. The van der Waals surface area contributed by atoms with Crippen molar-refractivity contribution < 1.29 is 23.8 Å². The highest BCUT2D eigenvalue weighted by Gasteiger charge is 2.43. The fourth-order valence-corrected chi connectivity index (χ4v) is 5.18. The maximum absolute atomic E-state index is 13.9. The van der Waals surface area contributed by atoms with E-state index in [1.54, 1.807) is 54.0 Å². The Kier molecular flexibility index (Phi) is 7.66. The van der Waals surface area contributed by atoms with Gasteiger partial charge in [-0.3, -0.25) is 9.59 Å². The summed E-state index contributed by atoms with van der Waals surface area (Å²) in [6.07, 6.45) is 2.00. The molecular weight excluding hydrogens is 500 g/mol. The van der Waals surface area contributed by atoms with Crippen LogP contribution in [0.15, 0.2) is 59.5 Å². The van der Waals surface area contributed by atoms with Crippen LogP contribution in [-0.2, 0) is 4.79 Å². The standard InChI is InChI=1S/C27H27ClN2O5S/c1-30-25(15-6-9-17(36-5)10-7-15)24(26(31)29-16-8-11-21(33-2)20(28)12-16)18-13-22(34-3)23(35-4)14-19(18)27(30)32/h6-14,24-25H,1-5H3,(H,29,31)/t24-,25-/m0/s1. The lowest BCUT2D eigenvalue weighted by molar-refractivity contribution is -0.119. The van der Waals surface area contributed by atoms with Gasteiger partial charge in [-0.25, -0.2) is 0 Å². The molecule has 1 aliphatic rings. The number of nitrogens with one attached hydrogen (secondary N) is 1. The first-order chi connectivity index (χ1) is 17.3. The van der Waals surface area contributed by atoms with Gasteiger partial charge in [0, 0.05) is 23.2 Å². The number of amides is 2. The predicted molar refractivity (Wildman–Crippen MR) is 142 cm³/mol. The number of fused-ring (bicyclic) bond motifs is 1. The van der Waals surface area contributed by atoms with Gasteiger partial charge in [-0.2, -0.15) is 0 Å². The minimum atomic E-state index is -0.733. The SMILES string of the molecule is COc1ccc(NC(=O)[C@H]2c3cc(OC)c(OC)cc3C(=O)N(C)[C@H]2c2ccc(SC)cc2)cc1Cl. The van der Waals surface area contributed by atoms with Crippen molar-refractivity contribution >= 4 is 40.9 Å². The van der Waals surface area contributed by atoms with Gasteiger partial charge in [0.25, 0.3) is 5.91 Å². The van der Waals surface area contributed by atoms with E-state index in [4.69, 9.17) is 25.8 Å². The molecule has 0 radical (unpaired) electrons. The molecule has 2 atom stereocenters. The maximum Gasteiger partial charge on any atom is 0.254 e. The van der Waals surface area contributed by atoms with E-state index in [1.165, 1.54) is 21.3 Å². The van der Waals surface area contributed by atoms with E-state index >= 15 is 0 Å². The topological polar surface area (TPSA) is 77.1 Å². The first-order valence-electron chi connectivity index (χ1n) is 11.1. The molecule has 7 nitrogen and oxygen atoms in total. The quantitative estimate of drug-likeness (QED) is 0.402. The van der Waals surface area contributed by atoms with Gasteiger partial charge in [-0.1, -0.05) is 23.7 Å². The van der Waals surface area contributed by atoms with E-state index in [2.05, 4.69) is 5.32 Å². The van der Waals surface area contributed by atoms with Crippen molar-refractivity contribution in [3.8, 4) is 17.2 Å². The first kappa shape index (κ1) is 25.7. The number of halogens is 1. The number of carbonyl (C=O) groups is 2. The molecule has 0 aliphatic carbocycles. The Hall–Kier alpha value is -3.36. The maximum atomic E-state index is 13.9. The molecule has 0 saturated carbocycles. The summed E-state index contributed by atoms with van der Waals surface area (Å²) in [5.74, 6) is 0.136. The van der Waals surface area contributed by atoms with Gasteiger partial charge in [0.2, 0.25) is 5.91 Å². The van der Waals surface area contributed by atoms with Crippen LogP contribution >= 0.6 is 23.4 Å². The number of hydrogen-bond acceptors (Lipinski definition) is 6. The zero-order valence-electron chi connectivity index (χ0n) is 20.6. The molecule has 3 aromatic rings. The monoisotopic (exact) mass is 526 g/mol. The largest absolute Gasteiger partial charge is 0.495 e. The molecule has 0 bridgehead atoms. The lowest BCUT2D eigenvalue weighted by atomic mass is 9.79. The van der Waals surface area contributed by atoms with Crippen LogP contribution in [0.2, 0.25) is 5.02 Å². The average molecular weight is 527 g/mol. The van der Waals surface area contributed by atoms with Gasteiger partial charge in [-0.05, 0) is 59.8 Å². The van der Waals surface area contributed by atoms with E-state index in [0.717, 1.165) is 10.5 Å². The van der Waals surface area contributed by atoms with Gasteiger partial charge in [0.1, 0.15) is 5.75 Å². The Balaban J connectivity index is 1.85. The Morgan fingerprint density at radius 3 is 2.17 bits per heavy atom. The third kappa shape index (κ3) is 4.70. The Labute approximate surface area is 219 Å². The lowest BCUT2D eigenvalue weighted by Crippen LogP contribution is -2.44. The van der Waals surface area contributed by atoms with Crippen molar-refractivity contribution in [3.63, 3.8) is 0 Å². The third-order valence-electron chi connectivity index (χ3n) is 6.33. The van der Waals surface area contributed by atoms with Crippen molar-refractivity contribution in [2.45, 2.75) is 16.9 Å². The first-order valence-corrected chi connectivity index (χ1v) is 12.7. The average Bonchev–Trinajstić information content (AvgIpc) is 2.89. The number of nitrogens with zero attached hydrogens (tertiary/aromatic N) is 1. The Morgan fingerprint density at radius 1 is 0.944 bits per heavy atom. The second-order valence-electron chi connectivity index (χ2n) is 8.24. The zero-order chi connectivity index (χ0) is 26.0. The summed E-state index contributed by atoms with van der Waals surface area (Å²) >= 11 is 7.91. The van der Waals surface area contributed by atoms with E-state index in [-0.39, 0.29) is 11.8 Å². The van der Waals surface area contributed by atoms with Crippen LogP contribution in [0.1, 0.15) is 33.4 Å². The van der Waals surface area contributed by atoms with Crippen molar-refractivity contribution in [2.24, 2.45) is 0 Å². The summed E-state index contributed by atoms with van der Waals surface area (Å²) in [5.41, 5.74) is 2.31. The van der Waals surface area contributed by atoms with Gasteiger partial charge in [0.05, 0.1) is 38.3 Å². The van der Waals surface area contributed by atoms with Crippen LogP contribution in [0.25, 0.3) is 0 Å². The molecule has 0 spiro atoms. The van der Waals surface area contributed by atoms with Crippen LogP contribution in [0, 0.1) is 0 Å². The summed E-state index contributed by atoms with van der Waals surface area (Å²) in [4.78, 5) is 30.1. The number of thioether (sulfide) groups is 1. The summed E-state index contributed by atoms with van der Waals surface area (Å²) < 4.78 is 16.2. The molecule has 4 rings (SSSR count). The van der Waals surface area contributed by atoms with E-state index < -0.39 is 12.0 Å². The van der Waals surface area contributed by atoms with Crippen LogP contribution in [0.4, 0.5) is 5.69 Å². The summed E-state index contributed by atoms with van der Waals surface area (Å²) in [5, 5.41) is 3.35. The molecule has 36 heavy (non-hydrogen) atoms.